The predicted octanol–water partition coefficient (Wildman–Crippen LogP) is 3.50. The number of rotatable bonds is 7. The highest BCUT2D eigenvalue weighted by Crippen LogP contribution is 2.40. The van der Waals surface area contributed by atoms with Crippen LogP contribution in [-0.2, 0) is 9.59 Å². The zero-order chi connectivity index (χ0) is 23.7. The van der Waals surface area contributed by atoms with E-state index >= 15 is 0 Å². The van der Waals surface area contributed by atoms with Crippen molar-refractivity contribution in [3.8, 4) is 5.75 Å². The number of ketones is 1. The van der Waals surface area contributed by atoms with E-state index in [9.17, 15) is 19.5 Å². The highest BCUT2D eigenvalue weighted by molar-refractivity contribution is 6.16. The summed E-state index contributed by atoms with van der Waals surface area (Å²) >= 11 is 0. The first-order chi connectivity index (χ1) is 15.8. The molecule has 1 aliphatic rings. The number of esters is 1. The van der Waals surface area contributed by atoms with E-state index in [0.717, 1.165) is 5.39 Å². The molecule has 0 bridgehead atoms. The molecule has 2 aromatic carbocycles. The summed E-state index contributed by atoms with van der Waals surface area (Å²) in [7, 11) is 3.74. The molecular weight excluding hydrogens is 424 g/mol. The number of carbonyl (C=O) groups is 3. The zero-order valence-electron chi connectivity index (χ0n) is 18.6. The second-order valence-corrected chi connectivity index (χ2v) is 8.11. The lowest BCUT2D eigenvalue weighted by atomic mass is 9.95. The molecule has 1 N–H and O–H groups in total. The molecule has 8 nitrogen and oxygen atoms in total. The number of furan rings is 1. The summed E-state index contributed by atoms with van der Waals surface area (Å²) in [4.78, 5) is 41.1. The van der Waals surface area contributed by atoms with Crippen molar-refractivity contribution in [1.29, 1.82) is 0 Å². The minimum atomic E-state index is -0.815. The number of aliphatic hydroxyl groups excluding tert-OH is 1. The van der Waals surface area contributed by atoms with Crippen LogP contribution in [0, 0.1) is 0 Å². The number of benzene rings is 2. The van der Waals surface area contributed by atoms with Crippen molar-refractivity contribution in [1.82, 2.24) is 9.80 Å². The van der Waals surface area contributed by atoms with Crippen molar-refractivity contribution >= 4 is 28.6 Å². The van der Waals surface area contributed by atoms with E-state index in [-0.39, 0.29) is 11.3 Å². The van der Waals surface area contributed by atoms with Gasteiger partial charge in [0.2, 0.25) is 5.78 Å². The number of Topliss-reactive ketones (excluding diaryl/α,β-unsaturated/α-hetero) is 1. The topological polar surface area (TPSA) is 100 Å². The Morgan fingerprint density at radius 3 is 2.45 bits per heavy atom. The summed E-state index contributed by atoms with van der Waals surface area (Å²) in [6.07, 6.45) is 0. The molecule has 4 rings (SSSR count). The Morgan fingerprint density at radius 2 is 1.82 bits per heavy atom. The summed E-state index contributed by atoms with van der Waals surface area (Å²) in [6.45, 7) is 2.13. The van der Waals surface area contributed by atoms with E-state index in [1.807, 2.05) is 31.1 Å². The fourth-order valence-corrected chi connectivity index (χ4v) is 3.88. The predicted molar refractivity (Wildman–Crippen MR) is 121 cm³/mol. The van der Waals surface area contributed by atoms with E-state index in [2.05, 4.69) is 0 Å². The average Bonchev–Trinajstić information content (AvgIpc) is 3.31. The maximum Gasteiger partial charge on any atom is 0.308 e. The highest BCUT2D eigenvalue weighted by Gasteiger charge is 2.44. The number of para-hydroxylation sites is 1. The smallest absolute Gasteiger partial charge is 0.308 e. The number of amides is 1. The SMILES string of the molecule is CC(=O)Oc1ccc(C2C(C(=O)c3cc4ccccc4o3)=C(O)C(=O)N2CCN(C)C)cc1. The van der Waals surface area contributed by atoms with E-state index in [1.54, 1.807) is 42.5 Å². The quantitative estimate of drug-likeness (QED) is 0.335. The van der Waals surface area contributed by atoms with Crippen LogP contribution in [0.25, 0.3) is 11.0 Å². The van der Waals surface area contributed by atoms with Gasteiger partial charge < -0.3 is 24.1 Å². The van der Waals surface area contributed by atoms with Crippen molar-refractivity contribution < 1.29 is 28.6 Å². The molecule has 33 heavy (non-hydrogen) atoms. The first kappa shape index (κ1) is 22.3. The van der Waals surface area contributed by atoms with Crippen LogP contribution in [0.1, 0.15) is 29.1 Å². The van der Waals surface area contributed by atoms with Crippen molar-refractivity contribution in [2.24, 2.45) is 0 Å². The van der Waals surface area contributed by atoms with Gasteiger partial charge in [-0.25, -0.2) is 0 Å². The molecule has 170 valence electrons. The first-order valence-corrected chi connectivity index (χ1v) is 10.5. The Labute approximate surface area is 190 Å². The van der Waals surface area contributed by atoms with Crippen molar-refractivity contribution in [3.05, 3.63) is 77.3 Å². The van der Waals surface area contributed by atoms with Gasteiger partial charge in [0.25, 0.3) is 5.91 Å². The number of hydrogen-bond donors (Lipinski definition) is 1. The lowest BCUT2D eigenvalue weighted by Gasteiger charge is -2.28. The molecule has 0 aliphatic carbocycles. The van der Waals surface area contributed by atoms with Crippen LogP contribution in [0.4, 0.5) is 0 Å². The first-order valence-electron chi connectivity index (χ1n) is 10.5. The monoisotopic (exact) mass is 448 g/mol. The molecule has 1 amide bonds. The number of aliphatic hydroxyl groups is 1. The third-order valence-electron chi connectivity index (χ3n) is 5.44. The number of carbonyl (C=O) groups excluding carboxylic acids is 3. The van der Waals surface area contributed by atoms with Gasteiger partial charge in [-0.05, 0) is 43.9 Å². The molecule has 0 spiro atoms. The summed E-state index contributed by atoms with van der Waals surface area (Å²) in [5, 5.41) is 11.5. The molecule has 1 unspecified atom stereocenters. The van der Waals surface area contributed by atoms with Gasteiger partial charge in [-0.2, -0.15) is 0 Å². The Bertz CT molecular complexity index is 1220. The van der Waals surface area contributed by atoms with Crippen LogP contribution < -0.4 is 4.74 Å². The lowest BCUT2D eigenvalue weighted by molar-refractivity contribution is -0.132. The van der Waals surface area contributed by atoms with Gasteiger partial charge in [-0.1, -0.05) is 30.3 Å². The van der Waals surface area contributed by atoms with Gasteiger partial charge in [0.05, 0.1) is 11.6 Å². The largest absolute Gasteiger partial charge is 0.503 e. The van der Waals surface area contributed by atoms with Gasteiger partial charge in [0, 0.05) is 25.4 Å². The minimum absolute atomic E-state index is 0.0431. The molecular formula is C25H24N2O6. The van der Waals surface area contributed by atoms with Crippen LogP contribution in [0.2, 0.25) is 0 Å². The van der Waals surface area contributed by atoms with E-state index in [0.29, 0.717) is 30.0 Å². The van der Waals surface area contributed by atoms with Gasteiger partial charge >= 0.3 is 5.97 Å². The van der Waals surface area contributed by atoms with Crippen LogP contribution in [-0.4, -0.2) is 59.8 Å². The van der Waals surface area contributed by atoms with Crippen molar-refractivity contribution in [3.63, 3.8) is 0 Å². The second kappa shape index (κ2) is 8.91. The Kier molecular flexibility index (Phi) is 6.02. The summed E-state index contributed by atoms with van der Waals surface area (Å²) in [5.41, 5.74) is 1.09. The van der Waals surface area contributed by atoms with Crippen molar-refractivity contribution in [2.75, 3.05) is 27.2 Å². The number of hydrogen-bond acceptors (Lipinski definition) is 7. The molecule has 1 aliphatic heterocycles. The normalized spacial score (nSPS) is 16.2. The van der Waals surface area contributed by atoms with Crippen LogP contribution in [0.5, 0.6) is 5.75 Å². The Hall–Kier alpha value is -3.91. The number of nitrogens with zero attached hydrogens (tertiary/aromatic N) is 2. The van der Waals surface area contributed by atoms with Gasteiger partial charge in [-0.3, -0.25) is 14.4 Å². The maximum absolute atomic E-state index is 13.5. The molecule has 0 saturated heterocycles. The number of ether oxygens (including phenoxy) is 1. The minimum Gasteiger partial charge on any atom is -0.503 e. The van der Waals surface area contributed by atoms with Crippen LogP contribution >= 0.6 is 0 Å². The maximum atomic E-state index is 13.5. The highest BCUT2D eigenvalue weighted by atomic mass is 16.5. The van der Waals surface area contributed by atoms with E-state index in [4.69, 9.17) is 9.15 Å². The number of likely N-dealkylation sites (N-methyl/N-ethyl adjacent to an activating group) is 1. The number of fused-ring (bicyclic) bond motifs is 1. The molecule has 0 fully saturated rings. The van der Waals surface area contributed by atoms with Crippen LogP contribution in [0.15, 0.2) is 70.3 Å². The molecule has 0 saturated carbocycles. The molecule has 1 atom stereocenters. The lowest BCUT2D eigenvalue weighted by Crippen LogP contribution is -2.36. The molecule has 2 heterocycles. The molecule has 1 aromatic heterocycles. The second-order valence-electron chi connectivity index (χ2n) is 8.11. The Morgan fingerprint density at radius 1 is 1.12 bits per heavy atom. The summed E-state index contributed by atoms with van der Waals surface area (Å²) < 4.78 is 10.8. The molecule has 8 heteroatoms. The fourth-order valence-electron chi connectivity index (χ4n) is 3.88. The molecule has 0 radical (unpaired) electrons. The van der Waals surface area contributed by atoms with Gasteiger partial charge in [0.15, 0.2) is 11.5 Å². The fraction of sp³-hybridized carbons (Fsp3) is 0.240. The standard InChI is InChI=1S/C25H24N2O6/c1-15(28)32-18-10-8-16(9-11-18)22-21(24(30)25(31)27(22)13-12-26(2)3)23(29)20-14-17-6-4-5-7-19(17)33-20/h4-11,14,22,30H,12-13H2,1-3H3. The van der Waals surface area contributed by atoms with Gasteiger partial charge in [0.1, 0.15) is 11.3 Å². The summed E-state index contributed by atoms with van der Waals surface area (Å²) in [6, 6.07) is 14.5. The van der Waals surface area contributed by atoms with E-state index in [1.165, 1.54) is 11.8 Å². The zero-order valence-corrected chi connectivity index (χ0v) is 18.6. The Balaban J connectivity index is 1.75. The average molecular weight is 448 g/mol. The van der Waals surface area contributed by atoms with Gasteiger partial charge in [-0.15, -0.1) is 0 Å². The van der Waals surface area contributed by atoms with E-state index < -0.39 is 29.5 Å². The third-order valence-corrected chi connectivity index (χ3v) is 5.44. The summed E-state index contributed by atoms with van der Waals surface area (Å²) in [5.74, 6) is -1.84. The van der Waals surface area contributed by atoms with Crippen molar-refractivity contribution in [2.45, 2.75) is 13.0 Å². The molecule has 3 aromatic rings. The third kappa shape index (κ3) is 4.38. The van der Waals surface area contributed by atoms with Crippen LogP contribution in [0.3, 0.4) is 0 Å².